The highest BCUT2D eigenvalue weighted by atomic mass is 16.6. The van der Waals surface area contributed by atoms with E-state index in [-0.39, 0.29) is 24.2 Å². The molecule has 8 heteroatoms. The maximum Gasteiger partial charge on any atom is 0.333 e. The predicted molar refractivity (Wildman–Crippen MR) is 73.7 cm³/mol. The highest BCUT2D eigenvalue weighted by Gasteiger charge is 2.29. The standard InChI is InChI=1S/C12H20N4O4/c1-6-20-12(17)9(5)13-11-10(16(18)19)8(4)14-15(11)7(2)3/h7,9,13H,6H2,1-5H3. The van der Waals surface area contributed by atoms with Gasteiger partial charge < -0.3 is 10.1 Å². The number of nitrogens with zero attached hydrogens (tertiary/aromatic N) is 3. The van der Waals surface area contributed by atoms with Gasteiger partial charge in [-0.1, -0.05) is 0 Å². The van der Waals surface area contributed by atoms with Crippen LogP contribution in [0.25, 0.3) is 0 Å². The topological polar surface area (TPSA) is 99.3 Å². The first-order valence-corrected chi connectivity index (χ1v) is 6.46. The summed E-state index contributed by atoms with van der Waals surface area (Å²) in [6.07, 6.45) is 0. The molecule has 1 atom stereocenters. The van der Waals surface area contributed by atoms with Gasteiger partial charge in [0.15, 0.2) is 0 Å². The molecule has 1 N–H and O–H groups in total. The Morgan fingerprint density at radius 3 is 2.55 bits per heavy atom. The first kappa shape index (κ1) is 15.9. The molecule has 0 spiro atoms. The van der Waals surface area contributed by atoms with Crippen molar-refractivity contribution in [3.05, 3.63) is 15.8 Å². The second-order valence-electron chi connectivity index (χ2n) is 4.70. The van der Waals surface area contributed by atoms with Crippen molar-refractivity contribution in [3.8, 4) is 0 Å². The minimum Gasteiger partial charge on any atom is -0.464 e. The number of carbonyl (C=O) groups is 1. The summed E-state index contributed by atoms with van der Waals surface area (Å²) in [5.41, 5.74) is 0.192. The summed E-state index contributed by atoms with van der Waals surface area (Å²) in [6.45, 7) is 8.84. The highest BCUT2D eigenvalue weighted by Crippen LogP contribution is 2.31. The molecule has 0 aliphatic carbocycles. The van der Waals surface area contributed by atoms with Gasteiger partial charge in [0.1, 0.15) is 11.7 Å². The average molecular weight is 284 g/mol. The van der Waals surface area contributed by atoms with Crippen molar-refractivity contribution >= 4 is 17.5 Å². The van der Waals surface area contributed by atoms with Gasteiger partial charge in [0.2, 0.25) is 5.82 Å². The molecule has 1 heterocycles. The van der Waals surface area contributed by atoms with Gasteiger partial charge in [-0.05, 0) is 34.6 Å². The van der Waals surface area contributed by atoms with Crippen molar-refractivity contribution in [2.45, 2.75) is 46.7 Å². The van der Waals surface area contributed by atoms with Crippen LogP contribution in [0.3, 0.4) is 0 Å². The van der Waals surface area contributed by atoms with Gasteiger partial charge in [0.05, 0.1) is 11.5 Å². The Kier molecular flexibility index (Phi) is 5.06. The Labute approximate surface area is 117 Å². The maximum atomic E-state index is 11.6. The largest absolute Gasteiger partial charge is 0.464 e. The highest BCUT2D eigenvalue weighted by molar-refractivity contribution is 5.79. The Morgan fingerprint density at radius 1 is 1.50 bits per heavy atom. The number of hydrogen-bond donors (Lipinski definition) is 1. The molecule has 0 fully saturated rings. The smallest absolute Gasteiger partial charge is 0.333 e. The average Bonchev–Trinajstić information content (AvgIpc) is 2.66. The van der Waals surface area contributed by atoms with E-state index in [1.807, 2.05) is 13.8 Å². The number of ether oxygens (including phenoxy) is 1. The second kappa shape index (κ2) is 6.36. The number of rotatable bonds is 6. The molecule has 112 valence electrons. The fraction of sp³-hybridized carbons (Fsp3) is 0.667. The summed E-state index contributed by atoms with van der Waals surface area (Å²) >= 11 is 0. The zero-order chi connectivity index (χ0) is 15.4. The van der Waals surface area contributed by atoms with Gasteiger partial charge in [-0.2, -0.15) is 5.10 Å². The first-order chi connectivity index (χ1) is 9.29. The zero-order valence-corrected chi connectivity index (χ0v) is 12.3. The number of anilines is 1. The van der Waals surface area contributed by atoms with E-state index in [4.69, 9.17) is 4.74 Å². The van der Waals surface area contributed by atoms with E-state index in [9.17, 15) is 14.9 Å². The van der Waals surface area contributed by atoms with Crippen molar-refractivity contribution in [2.24, 2.45) is 0 Å². The molecule has 1 unspecified atom stereocenters. The van der Waals surface area contributed by atoms with Crippen LogP contribution in [0, 0.1) is 17.0 Å². The quantitative estimate of drug-likeness (QED) is 0.487. The van der Waals surface area contributed by atoms with Crippen LogP contribution in [0.2, 0.25) is 0 Å². The van der Waals surface area contributed by atoms with Crippen LogP contribution in [0.5, 0.6) is 0 Å². The van der Waals surface area contributed by atoms with Gasteiger partial charge >= 0.3 is 11.7 Å². The molecule has 1 aromatic heterocycles. The van der Waals surface area contributed by atoms with Crippen molar-refractivity contribution < 1.29 is 14.5 Å². The maximum absolute atomic E-state index is 11.6. The molecular weight excluding hydrogens is 264 g/mol. The molecule has 0 aliphatic heterocycles. The molecule has 0 amide bonds. The van der Waals surface area contributed by atoms with Gasteiger partial charge in [0, 0.05) is 6.04 Å². The lowest BCUT2D eigenvalue weighted by Crippen LogP contribution is -2.29. The minimum absolute atomic E-state index is 0.0701. The number of nitrogens with one attached hydrogen (secondary N) is 1. The summed E-state index contributed by atoms with van der Waals surface area (Å²) in [5.74, 6) is -0.237. The van der Waals surface area contributed by atoms with Crippen molar-refractivity contribution in [1.29, 1.82) is 0 Å². The van der Waals surface area contributed by atoms with Gasteiger partial charge in [-0.3, -0.25) is 10.1 Å². The Bertz CT molecular complexity index is 510. The van der Waals surface area contributed by atoms with Gasteiger partial charge in [-0.15, -0.1) is 0 Å². The number of aryl methyl sites for hydroxylation is 1. The summed E-state index contributed by atoms with van der Waals surface area (Å²) in [5, 5.41) is 18.1. The van der Waals surface area contributed by atoms with E-state index in [1.165, 1.54) is 4.68 Å². The number of aromatic nitrogens is 2. The molecule has 0 bridgehead atoms. The number of esters is 1. The van der Waals surface area contributed by atoms with E-state index in [0.29, 0.717) is 5.69 Å². The summed E-state index contributed by atoms with van der Waals surface area (Å²) < 4.78 is 6.39. The fourth-order valence-electron chi connectivity index (χ4n) is 1.80. The summed E-state index contributed by atoms with van der Waals surface area (Å²) in [6, 6.07) is -0.762. The van der Waals surface area contributed by atoms with Crippen LogP contribution >= 0.6 is 0 Å². The molecule has 20 heavy (non-hydrogen) atoms. The zero-order valence-electron chi connectivity index (χ0n) is 12.3. The van der Waals surface area contributed by atoms with E-state index in [2.05, 4.69) is 10.4 Å². The summed E-state index contributed by atoms with van der Waals surface area (Å²) in [4.78, 5) is 22.3. The SMILES string of the molecule is CCOC(=O)C(C)Nc1c([N+](=O)[O-])c(C)nn1C(C)C. The third-order valence-electron chi connectivity index (χ3n) is 2.72. The van der Waals surface area contributed by atoms with Gasteiger partial charge in [0.25, 0.3) is 0 Å². The van der Waals surface area contributed by atoms with Crippen LogP contribution in [0.1, 0.15) is 39.4 Å². The summed E-state index contributed by atoms with van der Waals surface area (Å²) in [7, 11) is 0. The van der Waals surface area contributed by atoms with Crippen LogP contribution in [0.15, 0.2) is 0 Å². The minimum atomic E-state index is -0.692. The van der Waals surface area contributed by atoms with Crippen molar-refractivity contribution in [2.75, 3.05) is 11.9 Å². The molecule has 0 saturated carbocycles. The van der Waals surface area contributed by atoms with Crippen molar-refractivity contribution in [3.63, 3.8) is 0 Å². The Balaban J connectivity index is 3.14. The van der Waals surface area contributed by atoms with E-state index >= 15 is 0 Å². The molecule has 0 aromatic carbocycles. The van der Waals surface area contributed by atoms with E-state index < -0.39 is 16.9 Å². The normalized spacial score (nSPS) is 12.3. The lowest BCUT2D eigenvalue weighted by atomic mass is 10.3. The molecular formula is C12H20N4O4. The number of nitro groups is 1. The molecule has 1 aromatic rings. The molecule has 8 nitrogen and oxygen atoms in total. The van der Waals surface area contributed by atoms with E-state index in [1.54, 1.807) is 20.8 Å². The van der Waals surface area contributed by atoms with Gasteiger partial charge in [-0.25, -0.2) is 9.48 Å². The number of carbonyl (C=O) groups excluding carboxylic acids is 1. The Morgan fingerprint density at radius 2 is 2.10 bits per heavy atom. The molecule has 1 rings (SSSR count). The number of hydrogen-bond acceptors (Lipinski definition) is 6. The predicted octanol–water partition coefficient (Wildman–Crippen LogP) is 2.04. The monoisotopic (exact) mass is 284 g/mol. The first-order valence-electron chi connectivity index (χ1n) is 6.46. The second-order valence-corrected chi connectivity index (χ2v) is 4.70. The molecule has 0 aliphatic rings. The molecule has 0 saturated heterocycles. The van der Waals surface area contributed by atoms with Crippen LogP contribution in [-0.4, -0.2) is 33.3 Å². The Hall–Kier alpha value is -2.12. The third-order valence-corrected chi connectivity index (χ3v) is 2.72. The lowest BCUT2D eigenvalue weighted by Gasteiger charge is -2.16. The van der Waals surface area contributed by atoms with Crippen LogP contribution in [-0.2, 0) is 9.53 Å². The van der Waals surface area contributed by atoms with Crippen molar-refractivity contribution in [1.82, 2.24) is 9.78 Å². The van der Waals surface area contributed by atoms with Crippen LogP contribution < -0.4 is 5.32 Å². The van der Waals surface area contributed by atoms with Crippen LogP contribution in [0.4, 0.5) is 11.5 Å². The third kappa shape index (κ3) is 3.25. The van der Waals surface area contributed by atoms with E-state index in [0.717, 1.165) is 0 Å². The fourth-order valence-corrected chi connectivity index (χ4v) is 1.80. The molecule has 0 radical (unpaired) electrons. The lowest BCUT2D eigenvalue weighted by molar-refractivity contribution is -0.384.